The molecule has 0 spiro atoms. The summed E-state index contributed by atoms with van der Waals surface area (Å²) >= 11 is 0. The molecule has 0 aliphatic carbocycles. The highest BCUT2D eigenvalue weighted by Gasteiger charge is 2.16. The monoisotopic (exact) mass is 204 g/mol. The van der Waals surface area contributed by atoms with Gasteiger partial charge in [0.2, 0.25) is 0 Å². The summed E-state index contributed by atoms with van der Waals surface area (Å²) in [6, 6.07) is 0. The van der Waals surface area contributed by atoms with Crippen LogP contribution in [0.15, 0.2) is 0 Å². The maximum absolute atomic E-state index is 8.88. The van der Waals surface area contributed by atoms with E-state index in [4.69, 9.17) is 9.53 Å². The molecule has 2 atom stereocenters. The van der Waals surface area contributed by atoms with Crippen molar-refractivity contribution >= 4 is 8.32 Å². The van der Waals surface area contributed by atoms with E-state index >= 15 is 0 Å². The molecule has 0 rings (SSSR count). The number of hydrogen-bond acceptors (Lipinski definition) is 2. The topological polar surface area (TPSA) is 29.5 Å². The zero-order valence-electron chi connectivity index (χ0n) is 9.63. The Morgan fingerprint density at radius 2 is 1.69 bits per heavy atom. The minimum Gasteiger partial charge on any atom is -0.417 e. The van der Waals surface area contributed by atoms with E-state index in [2.05, 4.69) is 33.5 Å². The molecule has 1 N–H and O–H groups in total. The van der Waals surface area contributed by atoms with E-state index in [1.807, 2.05) is 0 Å². The summed E-state index contributed by atoms with van der Waals surface area (Å²) in [4.78, 5) is 0. The molecular weight excluding hydrogens is 180 g/mol. The molecule has 0 fully saturated rings. The summed E-state index contributed by atoms with van der Waals surface area (Å²) in [5, 5.41) is 8.88. The van der Waals surface area contributed by atoms with E-state index in [-0.39, 0.29) is 6.61 Å². The van der Waals surface area contributed by atoms with Crippen LogP contribution in [0, 0.1) is 11.8 Å². The van der Waals surface area contributed by atoms with Crippen molar-refractivity contribution in [2.24, 2.45) is 11.8 Å². The van der Waals surface area contributed by atoms with Gasteiger partial charge in [0, 0.05) is 13.2 Å². The number of hydrogen-bond donors (Lipinski definition) is 1. The van der Waals surface area contributed by atoms with Gasteiger partial charge in [0.1, 0.15) is 0 Å². The third-order valence-corrected chi connectivity index (χ3v) is 2.95. The molecule has 0 aromatic carbocycles. The second-order valence-electron chi connectivity index (χ2n) is 5.05. The Labute approximate surface area is 83.4 Å². The number of aliphatic hydroxyl groups is 1. The van der Waals surface area contributed by atoms with Crippen LogP contribution >= 0.6 is 0 Å². The lowest BCUT2D eigenvalue weighted by atomic mass is 9.99. The van der Waals surface area contributed by atoms with Crippen molar-refractivity contribution in [1.29, 1.82) is 0 Å². The van der Waals surface area contributed by atoms with Gasteiger partial charge in [-0.25, -0.2) is 0 Å². The molecule has 0 saturated heterocycles. The van der Waals surface area contributed by atoms with Crippen molar-refractivity contribution < 1.29 is 9.53 Å². The summed E-state index contributed by atoms with van der Waals surface area (Å²) in [6.45, 7) is 12.0. The van der Waals surface area contributed by atoms with E-state index in [1.54, 1.807) is 0 Å². The average molecular weight is 204 g/mol. The quantitative estimate of drug-likeness (QED) is 0.674. The van der Waals surface area contributed by atoms with Gasteiger partial charge in [-0.3, -0.25) is 0 Å². The minimum atomic E-state index is -1.34. The standard InChI is InChI=1S/C10H24O2Si/c1-9(7-11)6-10(2)8-12-13(3,4)5/h9-11H,6-8H2,1-5H3/t9-,10-/m1/s1. The summed E-state index contributed by atoms with van der Waals surface area (Å²) < 4.78 is 5.79. The lowest BCUT2D eigenvalue weighted by Crippen LogP contribution is -2.28. The Morgan fingerprint density at radius 1 is 1.15 bits per heavy atom. The number of aliphatic hydroxyl groups excluding tert-OH is 1. The van der Waals surface area contributed by atoms with E-state index in [1.165, 1.54) is 0 Å². The van der Waals surface area contributed by atoms with Gasteiger partial charge in [0.25, 0.3) is 0 Å². The van der Waals surface area contributed by atoms with Gasteiger partial charge in [0.05, 0.1) is 0 Å². The Morgan fingerprint density at radius 3 is 2.08 bits per heavy atom. The Hall–Kier alpha value is 0.137. The highest BCUT2D eigenvalue weighted by atomic mass is 28.4. The van der Waals surface area contributed by atoms with Crippen LogP contribution in [0.3, 0.4) is 0 Å². The van der Waals surface area contributed by atoms with Gasteiger partial charge in [-0.1, -0.05) is 13.8 Å². The zero-order chi connectivity index (χ0) is 10.5. The summed E-state index contributed by atoms with van der Waals surface area (Å²) in [7, 11) is -1.34. The smallest absolute Gasteiger partial charge is 0.183 e. The maximum atomic E-state index is 8.88. The first-order chi connectivity index (χ1) is 5.85. The van der Waals surface area contributed by atoms with Crippen molar-refractivity contribution in [2.75, 3.05) is 13.2 Å². The molecule has 0 aliphatic heterocycles. The second-order valence-corrected chi connectivity index (χ2v) is 9.57. The Bertz CT molecular complexity index is 131. The van der Waals surface area contributed by atoms with Crippen LogP contribution < -0.4 is 0 Å². The summed E-state index contributed by atoms with van der Waals surface area (Å²) in [6.07, 6.45) is 1.06. The first-order valence-corrected chi connectivity index (χ1v) is 8.50. The molecule has 80 valence electrons. The Balaban J connectivity index is 3.57. The van der Waals surface area contributed by atoms with Gasteiger partial charge in [0.15, 0.2) is 8.32 Å². The molecule has 0 amide bonds. The summed E-state index contributed by atoms with van der Waals surface area (Å²) in [5.74, 6) is 0.967. The van der Waals surface area contributed by atoms with Crippen molar-refractivity contribution in [3.8, 4) is 0 Å². The second kappa shape index (κ2) is 5.78. The van der Waals surface area contributed by atoms with Crippen LogP contribution in [0.5, 0.6) is 0 Å². The van der Waals surface area contributed by atoms with Gasteiger partial charge in [-0.15, -0.1) is 0 Å². The van der Waals surface area contributed by atoms with Crippen LogP contribution in [0.1, 0.15) is 20.3 Å². The van der Waals surface area contributed by atoms with Gasteiger partial charge in [-0.2, -0.15) is 0 Å². The lowest BCUT2D eigenvalue weighted by Gasteiger charge is -2.22. The summed E-state index contributed by atoms with van der Waals surface area (Å²) in [5.41, 5.74) is 0. The molecule has 0 aliphatic rings. The predicted octanol–water partition coefficient (Wildman–Crippen LogP) is 2.49. The van der Waals surface area contributed by atoms with Crippen LogP contribution in [0.25, 0.3) is 0 Å². The van der Waals surface area contributed by atoms with E-state index in [9.17, 15) is 0 Å². The molecule has 0 aromatic rings. The highest BCUT2D eigenvalue weighted by Crippen LogP contribution is 2.13. The Kier molecular flexibility index (Phi) is 5.84. The van der Waals surface area contributed by atoms with Gasteiger partial charge >= 0.3 is 0 Å². The molecule has 0 aromatic heterocycles. The minimum absolute atomic E-state index is 0.289. The third kappa shape index (κ3) is 8.47. The zero-order valence-corrected chi connectivity index (χ0v) is 10.6. The predicted molar refractivity (Wildman–Crippen MR) is 59.3 cm³/mol. The highest BCUT2D eigenvalue weighted by molar-refractivity contribution is 6.69. The molecule has 2 nitrogen and oxygen atoms in total. The van der Waals surface area contributed by atoms with E-state index in [0.29, 0.717) is 11.8 Å². The van der Waals surface area contributed by atoms with Crippen LogP contribution in [-0.2, 0) is 4.43 Å². The van der Waals surface area contributed by atoms with E-state index < -0.39 is 8.32 Å². The molecule has 13 heavy (non-hydrogen) atoms. The van der Waals surface area contributed by atoms with Gasteiger partial charge in [-0.05, 0) is 37.9 Å². The average Bonchev–Trinajstić information content (AvgIpc) is 1.99. The normalized spacial score (nSPS) is 17.1. The van der Waals surface area contributed by atoms with E-state index in [0.717, 1.165) is 13.0 Å². The molecule has 3 heteroatoms. The van der Waals surface area contributed by atoms with Crippen molar-refractivity contribution in [3.63, 3.8) is 0 Å². The van der Waals surface area contributed by atoms with Crippen LogP contribution in [-0.4, -0.2) is 26.6 Å². The van der Waals surface area contributed by atoms with Crippen LogP contribution in [0.4, 0.5) is 0 Å². The SMILES string of the molecule is C[C@@H](CO)C[C@@H](C)CO[Si](C)(C)C. The van der Waals surface area contributed by atoms with Crippen LogP contribution in [0.2, 0.25) is 19.6 Å². The van der Waals surface area contributed by atoms with Crippen molar-refractivity contribution in [1.82, 2.24) is 0 Å². The fraction of sp³-hybridized carbons (Fsp3) is 1.00. The molecule has 0 heterocycles. The van der Waals surface area contributed by atoms with Gasteiger partial charge < -0.3 is 9.53 Å². The molecule has 0 saturated carbocycles. The molecule has 0 bridgehead atoms. The van der Waals surface area contributed by atoms with Crippen molar-refractivity contribution in [2.45, 2.75) is 39.9 Å². The lowest BCUT2D eigenvalue weighted by molar-refractivity contribution is 0.184. The van der Waals surface area contributed by atoms with Crippen molar-refractivity contribution in [3.05, 3.63) is 0 Å². The molecular formula is C10H24O2Si. The largest absolute Gasteiger partial charge is 0.417 e. The molecule has 0 unspecified atom stereocenters. The fourth-order valence-electron chi connectivity index (χ4n) is 1.22. The first kappa shape index (κ1) is 13.1. The maximum Gasteiger partial charge on any atom is 0.183 e. The molecule has 0 radical (unpaired) electrons. The third-order valence-electron chi connectivity index (χ3n) is 1.92. The number of rotatable bonds is 6. The first-order valence-electron chi connectivity index (χ1n) is 5.10. The fourth-order valence-corrected chi connectivity index (χ4v) is 2.01.